The first-order valence-electron chi connectivity index (χ1n) is 8.08. The molecule has 2 amide bonds. The lowest BCUT2D eigenvalue weighted by atomic mass is 9.96. The van der Waals surface area contributed by atoms with Crippen LogP contribution in [-0.4, -0.2) is 22.3 Å². The van der Waals surface area contributed by atoms with E-state index in [0.29, 0.717) is 18.4 Å². The van der Waals surface area contributed by atoms with E-state index >= 15 is 0 Å². The summed E-state index contributed by atoms with van der Waals surface area (Å²) in [6, 6.07) is 7.34. The Morgan fingerprint density at radius 3 is 2.54 bits per heavy atom. The van der Waals surface area contributed by atoms with Crippen LogP contribution in [0.25, 0.3) is 10.6 Å². The second-order valence-corrected chi connectivity index (χ2v) is 7.55. The first kappa shape index (κ1) is 16.6. The van der Waals surface area contributed by atoms with Crippen molar-refractivity contribution < 1.29 is 9.59 Å². The van der Waals surface area contributed by atoms with E-state index < -0.39 is 11.4 Å². The van der Waals surface area contributed by atoms with Crippen LogP contribution in [0, 0.1) is 13.8 Å². The number of carbonyl (C=O) groups is 2. The molecule has 3 rings (SSSR count). The maximum absolute atomic E-state index is 12.6. The van der Waals surface area contributed by atoms with Gasteiger partial charge in [0.1, 0.15) is 10.5 Å². The highest BCUT2D eigenvalue weighted by Crippen LogP contribution is 2.31. The van der Waals surface area contributed by atoms with Crippen molar-refractivity contribution >= 4 is 23.2 Å². The minimum atomic E-state index is -0.901. The number of rotatable bonds is 4. The molecule has 24 heavy (non-hydrogen) atoms. The van der Waals surface area contributed by atoms with Gasteiger partial charge in [0.05, 0.1) is 5.69 Å². The fraction of sp³-hybridized carbons (Fsp3) is 0.389. The predicted octanol–water partition coefficient (Wildman–Crippen LogP) is 2.95. The van der Waals surface area contributed by atoms with Crippen LogP contribution in [-0.2, 0) is 4.79 Å². The number of carbonyl (C=O) groups excluding carboxylic acids is 2. The molecule has 0 saturated heterocycles. The van der Waals surface area contributed by atoms with E-state index in [9.17, 15) is 9.59 Å². The number of thiazole rings is 1. The maximum Gasteiger partial charge on any atom is 0.252 e. The van der Waals surface area contributed by atoms with E-state index in [1.807, 2.05) is 32.0 Å². The zero-order valence-electron chi connectivity index (χ0n) is 13.9. The van der Waals surface area contributed by atoms with Crippen LogP contribution in [0.4, 0.5) is 0 Å². The smallest absolute Gasteiger partial charge is 0.252 e. The van der Waals surface area contributed by atoms with Crippen LogP contribution in [0.5, 0.6) is 0 Å². The van der Waals surface area contributed by atoms with Gasteiger partial charge >= 0.3 is 0 Å². The van der Waals surface area contributed by atoms with Gasteiger partial charge in [0.15, 0.2) is 0 Å². The number of amides is 2. The highest BCUT2D eigenvalue weighted by atomic mass is 32.1. The van der Waals surface area contributed by atoms with Crippen LogP contribution < -0.4 is 11.1 Å². The molecule has 3 N–H and O–H groups in total. The summed E-state index contributed by atoms with van der Waals surface area (Å²) in [7, 11) is 0. The monoisotopic (exact) mass is 343 g/mol. The average Bonchev–Trinajstić information content (AvgIpc) is 3.16. The van der Waals surface area contributed by atoms with Gasteiger partial charge in [0, 0.05) is 16.0 Å². The Hall–Kier alpha value is -2.21. The van der Waals surface area contributed by atoms with Crippen molar-refractivity contribution in [2.24, 2.45) is 5.73 Å². The molecule has 1 heterocycles. The van der Waals surface area contributed by atoms with Crippen molar-refractivity contribution in [1.82, 2.24) is 10.3 Å². The number of aryl methyl sites for hydroxylation is 2. The first-order valence-corrected chi connectivity index (χ1v) is 8.90. The molecule has 1 aromatic carbocycles. The van der Waals surface area contributed by atoms with Crippen molar-refractivity contribution in [3.63, 3.8) is 0 Å². The molecule has 2 aromatic rings. The van der Waals surface area contributed by atoms with E-state index in [-0.39, 0.29) is 5.91 Å². The largest absolute Gasteiger partial charge is 0.368 e. The zero-order chi connectivity index (χ0) is 17.3. The third kappa shape index (κ3) is 3.06. The minimum absolute atomic E-state index is 0.262. The molecule has 0 unspecified atom stereocenters. The molecule has 1 aliphatic carbocycles. The van der Waals surface area contributed by atoms with Gasteiger partial charge in [0.25, 0.3) is 5.91 Å². The lowest BCUT2D eigenvalue weighted by Gasteiger charge is -2.26. The Labute approximate surface area is 145 Å². The van der Waals surface area contributed by atoms with Gasteiger partial charge in [-0.3, -0.25) is 9.59 Å². The van der Waals surface area contributed by atoms with E-state index in [1.165, 1.54) is 4.88 Å². The van der Waals surface area contributed by atoms with E-state index in [0.717, 1.165) is 29.1 Å². The molecule has 1 aromatic heterocycles. The summed E-state index contributed by atoms with van der Waals surface area (Å²) < 4.78 is 0. The van der Waals surface area contributed by atoms with Crippen LogP contribution >= 0.6 is 11.3 Å². The standard InChI is InChI=1S/C18H21N3O2S/c1-11-12(2)24-16(20-11)14-7-5-6-13(10-14)15(22)21-18(17(19)23)8-3-4-9-18/h5-7,10H,3-4,8-9H2,1-2H3,(H2,19,23)(H,21,22). The van der Waals surface area contributed by atoms with Crippen LogP contribution in [0.2, 0.25) is 0 Å². The normalized spacial score (nSPS) is 16.1. The number of primary amides is 1. The Bertz CT molecular complexity index is 772. The van der Waals surface area contributed by atoms with E-state index in [4.69, 9.17) is 5.73 Å². The molecule has 0 spiro atoms. The number of benzene rings is 1. The molecular weight excluding hydrogens is 322 g/mol. The maximum atomic E-state index is 12.6. The molecule has 0 aliphatic heterocycles. The third-order valence-corrected chi connectivity index (χ3v) is 5.80. The van der Waals surface area contributed by atoms with Crippen molar-refractivity contribution in [3.05, 3.63) is 40.4 Å². The molecule has 126 valence electrons. The van der Waals surface area contributed by atoms with Gasteiger partial charge < -0.3 is 11.1 Å². The van der Waals surface area contributed by atoms with Crippen LogP contribution in [0.3, 0.4) is 0 Å². The van der Waals surface area contributed by atoms with Gasteiger partial charge in [-0.1, -0.05) is 25.0 Å². The number of nitrogens with two attached hydrogens (primary N) is 1. The average molecular weight is 343 g/mol. The SMILES string of the molecule is Cc1nc(-c2cccc(C(=O)NC3(C(N)=O)CCCC3)c2)sc1C. The molecular formula is C18H21N3O2S. The summed E-state index contributed by atoms with van der Waals surface area (Å²) in [5, 5.41) is 3.77. The summed E-state index contributed by atoms with van der Waals surface area (Å²) >= 11 is 1.61. The summed E-state index contributed by atoms with van der Waals surface area (Å²) in [6.07, 6.45) is 3.03. The van der Waals surface area contributed by atoms with Crippen molar-refractivity contribution in [2.75, 3.05) is 0 Å². The topological polar surface area (TPSA) is 85.1 Å². The summed E-state index contributed by atoms with van der Waals surface area (Å²) in [5.41, 5.74) is 7.06. The lowest BCUT2D eigenvalue weighted by Crippen LogP contribution is -2.55. The Morgan fingerprint density at radius 1 is 1.25 bits per heavy atom. The van der Waals surface area contributed by atoms with Gasteiger partial charge in [-0.25, -0.2) is 4.98 Å². The van der Waals surface area contributed by atoms with Crippen LogP contribution in [0.1, 0.15) is 46.6 Å². The molecule has 0 bridgehead atoms. The zero-order valence-corrected chi connectivity index (χ0v) is 14.7. The number of hydrogen-bond donors (Lipinski definition) is 2. The predicted molar refractivity (Wildman–Crippen MR) is 94.9 cm³/mol. The summed E-state index contributed by atoms with van der Waals surface area (Å²) in [6.45, 7) is 4.01. The molecule has 1 aliphatic rings. The van der Waals surface area contributed by atoms with Crippen molar-refractivity contribution in [1.29, 1.82) is 0 Å². The Kier molecular flexibility index (Phi) is 4.41. The number of aromatic nitrogens is 1. The van der Waals surface area contributed by atoms with E-state index in [1.54, 1.807) is 17.4 Å². The number of nitrogens with one attached hydrogen (secondary N) is 1. The quantitative estimate of drug-likeness (QED) is 0.895. The molecule has 5 nitrogen and oxygen atoms in total. The fourth-order valence-corrected chi connectivity index (χ4v) is 4.00. The number of nitrogens with zero attached hydrogens (tertiary/aromatic N) is 1. The van der Waals surface area contributed by atoms with Crippen molar-refractivity contribution in [2.45, 2.75) is 45.1 Å². The first-order chi connectivity index (χ1) is 11.4. The third-order valence-electron chi connectivity index (χ3n) is 4.68. The highest BCUT2D eigenvalue weighted by molar-refractivity contribution is 7.15. The fourth-order valence-electron chi connectivity index (χ4n) is 3.09. The second-order valence-electron chi connectivity index (χ2n) is 6.35. The highest BCUT2D eigenvalue weighted by Gasteiger charge is 2.41. The number of hydrogen-bond acceptors (Lipinski definition) is 4. The molecule has 1 saturated carbocycles. The van der Waals surface area contributed by atoms with Gasteiger partial charge in [-0.2, -0.15) is 0 Å². The van der Waals surface area contributed by atoms with Gasteiger partial charge in [-0.15, -0.1) is 11.3 Å². The molecule has 1 fully saturated rings. The molecule has 0 radical (unpaired) electrons. The molecule has 0 atom stereocenters. The van der Waals surface area contributed by atoms with Gasteiger partial charge in [-0.05, 0) is 38.8 Å². The Morgan fingerprint density at radius 2 is 1.96 bits per heavy atom. The van der Waals surface area contributed by atoms with Crippen molar-refractivity contribution in [3.8, 4) is 10.6 Å². The van der Waals surface area contributed by atoms with Gasteiger partial charge in [0.2, 0.25) is 5.91 Å². The Balaban J connectivity index is 1.85. The summed E-state index contributed by atoms with van der Waals surface area (Å²) in [5.74, 6) is -0.710. The molecule has 6 heteroatoms. The summed E-state index contributed by atoms with van der Waals surface area (Å²) in [4.78, 5) is 30.2. The minimum Gasteiger partial charge on any atom is -0.368 e. The lowest BCUT2D eigenvalue weighted by molar-refractivity contribution is -0.123. The van der Waals surface area contributed by atoms with E-state index in [2.05, 4.69) is 10.3 Å². The second kappa shape index (κ2) is 6.36. The van der Waals surface area contributed by atoms with Crippen LogP contribution in [0.15, 0.2) is 24.3 Å².